The second kappa shape index (κ2) is 11.0. The van der Waals surface area contributed by atoms with Crippen LogP contribution in [0.15, 0.2) is 6.20 Å². The number of hydrogen-bond donors (Lipinski definition) is 2. The van der Waals surface area contributed by atoms with E-state index in [-0.39, 0.29) is 30.7 Å². The van der Waals surface area contributed by atoms with Crippen molar-refractivity contribution in [2.45, 2.75) is 38.6 Å². The summed E-state index contributed by atoms with van der Waals surface area (Å²) >= 11 is 0. The van der Waals surface area contributed by atoms with Crippen molar-refractivity contribution in [3.05, 3.63) is 11.9 Å². The highest BCUT2D eigenvalue weighted by atomic mass is 35.5. The number of amides is 1. The smallest absolute Gasteiger partial charge is 0.273 e. The van der Waals surface area contributed by atoms with Gasteiger partial charge in [-0.3, -0.25) is 4.79 Å². The molecule has 1 aromatic heterocycles. The number of rotatable bonds is 5. The predicted molar refractivity (Wildman–Crippen MR) is 103 cm³/mol. The lowest BCUT2D eigenvalue weighted by molar-refractivity contribution is 0.0938. The van der Waals surface area contributed by atoms with Crippen LogP contribution in [0.5, 0.6) is 0 Å². The van der Waals surface area contributed by atoms with Crippen LogP contribution in [0.1, 0.15) is 49.1 Å². The van der Waals surface area contributed by atoms with Gasteiger partial charge in [0.15, 0.2) is 5.69 Å². The minimum absolute atomic E-state index is 0. The molecule has 2 N–H and O–H groups in total. The summed E-state index contributed by atoms with van der Waals surface area (Å²) in [6.07, 6.45) is 6.45. The quantitative estimate of drug-likeness (QED) is 0.793. The Morgan fingerprint density at radius 2 is 2.08 bits per heavy atom. The molecule has 3 heterocycles. The third kappa shape index (κ3) is 6.40. The molecular weight excluding hydrogens is 363 g/mol. The minimum atomic E-state index is -0.116. The van der Waals surface area contributed by atoms with E-state index >= 15 is 0 Å². The van der Waals surface area contributed by atoms with Crippen LogP contribution in [0.2, 0.25) is 0 Å². The summed E-state index contributed by atoms with van der Waals surface area (Å²) in [6, 6.07) is 0.361. The maximum Gasteiger partial charge on any atom is 0.273 e. The van der Waals surface area contributed by atoms with Gasteiger partial charge in [0.1, 0.15) is 0 Å². The van der Waals surface area contributed by atoms with Gasteiger partial charge in [0.05, 0.1) is 12.2 Å². The number of halogens is 2. The first-order chi connectivity index (χ1) is 11.2. The summed E-state index contributed by atoms with van der Waals surface area (Å²) in [5, 5.41) is 14.5. The van der Waals surface area contributed by atoms with Crippen LogP contribution in [0.4, 0.5) is 0 Å². The van der Waals surface area contributed by atoms with E-state index in [9.17, 15) is 4.79 Å². The molecule has 0 aliphatic carbocycles. The first-order valence-electron chi connectivity index (χ1n) is 8.85. The number of carbonyl (C=O) groups excluding carboxylic acids is 1. The molecule has 0 bridgehead atoms. The second-order valence-electron chi connectivity index (χ2n) is 6.87. The second-order valence-corrected chi connectivity index (χ2v) is 6.87. The summed E-state index contributed by atoms with van der Waals surface area (Å²) < 4.78 is 1.85. The van der Waals surface area contributed by atoms with Gasteiger partial charge in [0.2, 0.25) is 0 Å². The number of piperidine rings is 2. The van der Waals surface area contributed by atoms with Crippen molar-refractivity contribution in [2.75, 3.05) is 39.3 Å². The third-order valence-corrected chi connectivity index (χ3v) is 4.88. The Morgan fingerprint density at radius 1 is 1.32 bits per heavy atom. The summed E-state index contributed by atoms with van der Waals surface area (Å²) in [6.45, 7) is 8.17. The molecule has 3 rings (SSSR count). The number of aromatic nitrogens is 3. The number of likely N-dealkylation sites (tertiary alicyclic amines) is 1. The van der Waals surface area contributed by atoms with Crippen LogP contribution in [0.3, 0.4) is 0 Å². The molecule has 7 nitrogen and oxygen atoms in total. The summed E-state index contributed by atoms with van der Waals surface area (Å²) in [5.41, 5.74) is 0.426. The van der Waals surface area contributed by atoms with Crippen molar-refractivity contribution in [2.24, 2.45) is 5.92 Å². The van der Waals surface area contributed by atoms with E-state index < -0.39 is 0 Å². The number of hydrogen-bond acceptors (Lipinski definition) is 5. The molecule has 2 aliphatic rings. The van der Waals surface area contributed by atoms with Crippen LogP contribution in [-0.4, -0.2) is 65.1 Å². The summed E-state index contributed by atoms with van der Waals surface area (Å²) in [4.78, 5) is 14.6. The van der Waals surface area contributed by atoms with E-state index in [1.807, 2.05) is 4.68 Å². The van der Waals surface area contributed by atoms with Gasteiger partial charge in [-0.1, -0.05) is 12.1 Å². The zero-order chi connectivity index (χ0) is 16.1. The minimum Gasteiger partial charge on any atom is -0.349 e. The molecule has 9 heteroatoms. The number of nitrogens with zero attached hydrogens (tertiary/aromatic N) is 4. The number of carbonyl (C=O) groups is 1. The topological polar surface area (TPSA) is 75.1 Å². The van der Waals surface area contributed by atoms with Crippen molar-refractivity contribution in [3.63, 3.8) is 0 Å². The Hall–Kier alpha value is -0.890. The highest BCUT2D eigenvalue weighted by Gasteiger charge is 2.19. The average Bonchev–Trinajstić information content (AvgIpc) is 3.06. The molecule has 144 valence electrons. The molecule has 1 unspecified atom stereocenters. The maximum atomic E-state index is 12.2. The SMILES string of the molecule is CC1CCCN(CCNC(=O)c2cn(C3CCNCC3)nn2)C1.Cl.Cl. The van der Waals surface area contributed by atoms with Gasteiger partial charge in [0.25, 0.3) is 5.91 Å². The van der Waals surface area contributed by atoms with E-state index in [0.717, 1.165) is 51.5 Å². The Kier molecular flexibility index (Phi) is 9.71. The largest absolute Gasteiger partial charge is 0.349 e. The lowest BCUT2D eigenvalue weighted by Gasteiger charge is -2.30. The summed E-state index contributed by atoms with van der Waals surface area (Å²) in [7, 11) is 0. The van der Waals surface area contributed by atoms with Crippen molar-refractivity contribution >= 4 is 30.7 Å². The van der Waals surface area contributed by atoms with Crippen molar-refractivity contribution < 1.29 is 4.79 Å². The maximum absolute atomic E-state index is 12.2. The molecule has 1 amide bonds. The number of nitrogens with one attached hydrogen (secondary N) is 2. The van der Waals surface area contributed by atoms with E-state index in [0.29, 0.717) is 18.3 Å². The van der Waals surface area contributed by atoms with Gasteiger partial charge in [-0.25, -0.2) is 4.68 Å². The molecule has 0 saturated carbocycles. The fourth-order valence-electron chi connectivity index (χ4n) is 3.54. The fraction of sp³-hybridized carbons (Fsp3) is 0.812. The first-order valence-corrected chi connectivity index (χ1v) is 8.85. The predicted octanol–water partition coefficient (Wildman–Crippen LogP) is 1.51. The molecular formula is C16H30Cl2N6O. The highest BCUT2D eigenvalue weighted by molar-refractivity contribution is 5.91. The van der Waals surface area contributed by atoms with Gasteiger partial charge in [-0.15, -0.1) is 29.9 Å². The molecule has 2 saturated heterocycles. The normalized spacial score (nSPS) is 21.9. The van der Waals surface area contributed by atoms with Gasteiger partial charge >= 0.3 is 0 Å². The van der Waals surface area contributed by atoms with Gasteiger partial charge < -0.3 is 15.5 Å². The van der Waals surface area contributed by atoms with Gasteiger partial charge in [-0.2, -0.15) is 0 Å². The lowest BCUT2D eigenvalue weighted by atomic mass is 10.0. The van der Waals surface area contributed by atoms with E-state index in [1.165, 1.54) is 12.8 Å². The molecule has 0 spiro atoms. The van der Waals surface area contributed by atoms with E-state index in [4.69, 9.17) is 0 Å². The highest BCUT2D eigenvalue weighted by Crippen LogP contribution is 2.17. The molecule has 1 atom stereocenters. The van der Waals surface area contributed by atoms with Crippen molar-refractivity contribution in [1.29, 1.82) is 0 Å². The van der Waals surface area contributed by atoms with Crippen molar-refractivity contribution in [3.8, 4) is 0 Å². The Balaban J connectivity index is 0.00000156. The van der Waals surface area contributed by atoms with E-state index in [1.54, 1.807) is 6.20 Å². The summed E-state index contributed by atoms with van der Waals surface area (Å²) in [5.74, 6) is 0.652. The first kappa shape index (κ1) is 22.2. The van der Waals surface area contributed by atoms with Crippen LogP contribution in [-0.2, 0) is 0 Å². The molecule has 1 aromatic rings. The molecule has 0 aromatic carbocycles. The fourth-order valence-corrected chi connectivity index (χ4v) is 3.54. The Bertz CT molecular complexity index is 520. The zero-order valence-electron chi connectivity index (χ0n) is 14.8. The lowest BCUT2D eigenvalue weighted by Crippen LogP contribution is -2.40. The molecule has 0 radical (unpaired) electrons. The van der Waals surface area contributed by atoms with Gasteiger partial charge in [0, 0.05) is 19.6 Å². The Labute approximate surface area is 162 Å². The van der Waals surface area contributed by atoms with Crippen LogP contribution < -0.4 is 10.6 Å². The van der Waals surface area contributed by atoms with E-state index in [2.05, 4.69) is 32.8 Å². The zero-order valence-corrected chi connectivity index (χ0v) is 16.4. The standard InChI is InChI=1S/C16H28N6O.2ClH/c1-13-3-2-9-21(11-13)10-8-18-16(23)15-12-22(20-19-15)14-4-6-17-7-5-14;;/h12-14,17H,2-11H2,1H3,(H,18,23);2*1H. The molecule has 2 aliphatic heterocycles. The Morgan fingerprint density at radius 3 is 2.80 bits per heavy atom. The third-order valence-electron chi connectivity index (χ3n) is 4.88. The molecule has 25 heavy (non-hydrogen) atoms. The van der Waals surface area contributed by atoms with Crippen LogP contribution in [0, 0.1) is 5.92 Å². The monoisotopic (exact) mass is 392 g/mol. The average molecular weight is 393 g/mol. The molecule has 2 fully saturated rings. The van der Waals surface area contributed by atoms with Crippen LogP contribution >= 0.6 is 24.8 Å². The van der Waals surface area contributed by atoms with Crippen LogP contribution in [0.25, 0.3) is 0 Å². The van der Waals surface area contributed by atoms with Crippen molar-refractivity contribution in [1.82, 2.24) is 30.5 Å². The van der Waals surface area contributed by atoms with Gasteiger partial charge in [-0.05, 0) is 51.2 Å².